The summed E-state index contributed by atoms with van der Waals surface area (Å²) in [5.74, 6) is 0.0317. The van der Waals surface area contributed by atoms with E-state index in [1.165, 1.54) is 5.70 Å². The van der Waals surface area contributed by atoms with Crippen LogP contribution in [0, 0.1) is 5.92 Å². The molecule has 1 aromatic carbocycles. The highest BCUT2D eigenvalue weighted by atomic mass is 35.5. The lowest BCUT2D eigenvalue weighted by Crippen LogP contribution is -2.57. The number of aliphatic hydroxyl groups excluding tert-OH is 1. The van der Waals surface area contributed by atoms with Crippen molar-refractivity contribution < 1.29 is 14.6 Å². The van der Waals surface area contributed by atoms with Gasteiger partial charge < -0.3 is 19.7 Å². The molecule has 4 aliphatic heterocycles. The Labute approximate surface area is 150 Å². The third kappa shape index (κ3) is 2.45. The third-order valence-corrected chi connectivity index (χ3v) is 6.02. The molecular weight excluding hydrogens is 340 g/mol. The molecule has 6 heteroatoms. The quantitative estimate of drug-likeness (QED) is 0.810. The molecular formula is C19H19ClN2O3. The van der Waals surface area contributed by atoms with E-state index in [0.717, 1.165) is 30.2 Å². The number of nitrogens with one attached hydrogen (secondary N) is 1. The first-order chi connectivity index (χ1) is 12.1. The number of aliphatic hydroxyl groups is 1. The third-order valence-electron chi connectivity index (χ3n) is 5.79. The average Bonchev–Trinajstić information content (AvgIpc) is 2.98. The molecule has 0 saturated carbocycles. The van der Waals surface area contributed by atoms with E-state index >= 15 is 0 Å². The van der Waals surface area contributed by atoms with Crippen molar-refractivity contribution in [2.75, 3.05) is 6.54 Å². The number of ether oxygens (including phenoxy) is 1. The fourth-order valence-electron chi connectivity index (χ4n) is 4.57. The van der Waals surface area contributed by atoms with Gasteiger partial charge in [0.05, 0.1) is 11.7 Å². The van der Waals surface area contributed by atoms with Gasteiger partial charge in [-0.25, -0.2) is 4.79 Å². The molecule has 5 nitrogen and oxygen atoms in total. The maximum atomic E-state index is 12.7. The number of rotatable bonds is 2. The summed E-state index contributed by atoms with van der Waals surface area (Å²) in [4.78, 5) is 18.0. The summed E-state index contributed by atoms with van der Waals surface area (Å²) in [6.45, 7) is 0.711. The Kier molecular flexibility index (Phi) is 3.37. The zero-order valence-electron chi connectivity index (χ0n) is 13.6. The topological polar surface area (TPSA) is 65.6 Å². The standard InChI is InChI=1S/C19H19ClN2O3/c20-11-1-2-17-15(5-11)16(8-21-17)19(24)25-14-6-12-3-10-4-13(7-14)22(12)9-18(10)23/h1-2,5-6,8,10,13-14,18,21,23H,3-4,7,9H2. The maximum absolute atomic E-state index is 12.7. The van der Waals surface area contributed by atoms with Crippen molar-refractivity contribution in [3.8, 4) is 0 Å². The maximum Gasteiger partial charge on any atom is 0.340 e. The van der Waals surface area contributed by atoms with Crippen LogP contribution in [0.3, 0.4) is 0 Å². The second kappa shape index (κ2) is 5.51. The van der Waals surface area contributed by atoms with Crippen molar-refractivity contribution in [2.24, 2.45) is 5.92 Å². The minimum absolute atomic E-state index is 0.205. The number of hydrogen-bond donors (Lipinski definition) is 2. The van der Waals surface area contributed by atoms with E-state index in [1.54, 1.807) is 18.3 Å². The number of aromatic amines is 1. The number of nitrogens with zero attached hydrogens (tertiary/aromatic N) is 1. The fraction of sp³-hybridized carbons (Fsp3) is 0.421. The summed E-state index contributed by atoms with van der Waals surface area (Å²) in [5.41, 5.74) is 2.61. The summed E-state index contributed by atoms with van der Waals surface area (Å²) < 4.78 is 5.79. The predicted molar refractivity (Wildman–Crippen MR) is 94.4 cm³/mol. The van der Waals surface area contributed by atoms with Gasteiger partial charge in [0, 0.05) is 46.8 Å². The number of carbonyl (C=O) groups excluding carboxylic acids is 1. The summed E-state index contributed by atoms with van der Waals surface area (Å²) in [7, 11) is 0. The largest absolute Gasteiger partial charge is 0.454 e. The van der Waals surface area contributed by atoms with Crippen LogP contribution in [0.1, 0.15) is 29.6 Å². The van der Waals surface area contributed by atoms with Gasteiger partial charge in [0.25, 0.3) is 0 Å². The minimum Gasteiger partial charge on any atom is -0.454 e. The van der Waals surface area contributed by atoms with Crippen LogP contribution >= 0.6 is 11.6 Å². The van der Waals surface area contributed by atoms with Gasteiger partial charge in [0.2, 0.25) is 0 Å². The van der Waals surface area contributed by atoms with Crippen LogP contribution in [0.5, 0.6) is 0 Å². The summed E-state index contributed by atoms with van der Waals surface area (Å²) in [5, 5.41) is 11.4. The molecule has 25 heavy (non-hydrogen) atoms. The molecule has 130 valence electrons. The monoisotopic (exact) mass is 358 g/mol. The molecule has 1 aromatic heterocycles. The number of aromatic nitrogens is 1. The van der Waals surface area contributed by atoms with Crippen molar-refractivity contribution >= 4 is 28.5 Å². The van der Waals surface area contributed by atoms with Crippen LogP contribution in [0.4, 0.5) is 0 Å². The van der Waals surface area contributed by atoms with Crippen molar-refractivity contribution in [2.45, 2.75) is 37.5 Å². The van der Waals surface area contributed by atoms with Crippen LogP contribution < -0.4 is 0 Å². The van der Waals surface area contributed by atoms with Gasteiger partial charge in [0.15, 0.2) is 0 Å². The van der Waals surface area contributed by atoms with Crippen LogP contribution in [-0.2, 0) is 4.74 Å². The van der Waals surface area contributed by atoms with Crippen LogP contribution in [0.2, 0.25) is 5.02 Å². The summed E-state index contributed by atoms with van der Waals surface area (Å²) in [6.07, 6.45) is 5.98. The van der Waals surface area contributed by atoms with Gasteiger partial charge in [-0.1, -0.05) is 11.6 Å². The predicted octanol–water partition coefficient (Wildman–Crippen LogP) is 3.09. The minimum atomic E-state index is -0.324. The van der Waals surface area contributed by atoms with Gasteiger partial charge in [-0.3, -0.25) is 0 Å². The normalized spacial score (nSPS) is 30.5. The molecule has 0 spiro atoms. The fourth-order valence-corrected chi connectivity index (χ4v) is 4.75. The Morgan fingerprint density at radius 2 is 2.24 bits per heavy atom. The highest BCUT2D eigenvalue weighted by Gasteiger charge is 2.45. The Hall–Kier alpha value is -1.98. The summed E-state index contributed by atoms with van der Waals surface area (Å²) in [6, 6.07) is 5.80. The Morgan fingerprint density at radius 3 is 3.04 bits per heavy atom. The van der Waals surface area contributed by atoms with Crippen LogP contribution in [0.15, 0.2) is 36.2 Å². The lowest BCUT2D eigenvalue weighted by Gasteiger charge is -2.53. The van der Waals surface area contributed by atoms with E-state index in [1.807, 2.05) is 6.07 Å². The molecule has 3 saturated heterocycles. The van der Waals surface area contributed by atoms with E-state index in [2.05, 4.69) is 16.0 Å². The molecule has 2 N–H and O–H groups in total. The first-order valence-electron chi connectivity index (χ1n) is 8.71. The molecule has 6 rings (SSSR count). The lowest BCUT2D eigenvalue weighted by molar-refractivity contribution is -0.0511. The number of hydrogen-bond acceptors (Lipinski definition) is 4. The van der Waals surface area contributed by atoms with Crippen molar-refractivity contribution in [3.63, 3.8) is 0 Å². The number of piperidine rings is 3. The van der Waals surface area contributed by atoms with Gasteiger partial charge in [-0.2, -0.15) is 0 Å². The van der Waals surface area contributed by atoms with Gasteiger partial charge in [-0.05, 0) is 43.0 Å². The van der Waals surface area contributed by atoms with Crippen LogP contribution in [0.25, 0.3) is 10.9 Å². The molecule has 0 radical (unpaired) electrons. The molecule has 5 heterocycles. The van der Waals surface area contributed by atoms with Crippen molar-refractivity contribution in [3.05, 3.63) is 46.8 Å². The molecule has 4 aliphatic rings. The SMILES string of the molecule is O=C(OC1C=C2CC3CC(C1)N2CC3O)c1c[nH]c2ccc(Cl)cc12. The highest BCUT2D eigenvalue weighted by molar-refractivity contribution is 6.31. The van der Waals surface area contributed by atoms with E-state index in [0.29, 0.717) is 29.1 Å². The highest BCUT2D eigenvalue weighted by Crippen LogP contribution is 2.43. The van der Waals surface area contributed by atoms with E-state index < -0.39 is 0 Å². The van der Waals surface area contributed by atoms with Gasteiger partial charge in [0.1, 0.15) is 6.10 Å². The smallest absolute Gasteiger partial charge is 0.340 e. The molecule has 2 aromatic rings. The van der Waals surface area contributed by atoms with Crippen molar-refractivity contribution in [1.82, 2.24) is 9.88 Å². The summed E-state index contributed by atoms with van der Waals surface area (Å²) >= 11 is 6.06. The Balaban J connectivity index is 1.38. The molecule has 4 bridgehead atoms. The zero-order valence-corrected chi connectivity index (χ0v) is 14.4. The second-order valence-corrected chi connectivity index (χ2v) is 7.74. The zero-order chi connectivity index (χ0) is 17.1. The molecule has 0 amide bonds. The number of halogens is 1. The molecule has 4 atom stereocenters. The first-order valence-corrected chi connectivity index (χ1v) is 9.09. The van der Waals surface area contributed by atoms with Gasteiger partial charge >= 0.3 is 5.97 Å². The first kappa shape index (κ1) is 15.3. The Bertz CT molecular complexity index is 890. The number of benzene rings is 1. The Morgan fingerprint density at radius 1 is 1.36 bits per heavy atom. The van der Waals surface area contributed by atoms with E-state index in [-0.39, 0.29) is 18.2 Å². The molecule has 4 unspecified atom stereocenters. The molecule has 0 aliphatic carbocycles. The molecule has 3 fully saturated rings. The number of fused-ring (bicyclic) bond motifs is 2. The number of esters is 1. The number of H-pyrrole nitrogens is 1. The van der Waals surface area contributed by atoms with E-state index in [9.17, 15) is 9.90 Å². The lowest BCUT2D eigenvalue weighted by atomic mass is 9.75. The van der Waals surface area contributed by atoms with Crippen molar-refractivity contribution in [1.29, 1.82) is 0 Å². The van der Waals surface area contributed by atoms with Gasteiger partial charge in [-0.15, -0.1) is 0 Å². The van der Waals surface area contributed by atoms with E-state index in [4.69, 9.17) is 16.3 Å². The van der Waals surface area contributed by atoms with Crippen LogP contribution in [-0.4, -0.2) is 45.8 Å². The number of carbonyl (C=O) groups is 1. The second-order valence-electron chi connectivity index (χ2n) is 7.30. The number of allylic oxidation sites excluding steroid dienone is 1. The average molecular weight is 359 g/mol.